The Labute approximate surface area is 105 Å². The number of piperidine rings is 1. The molecule has 0 spiro atoms. The van der Waals surface area contributed by atoms with E-state index in [0.717, 1.165) is 25.9 Å². The molecule has 1 aliphatic rings. The van der Waals surface area contributed by atoms with Crippen molar-refractivity contribution in [2.24, 2.45) is 0 Å². The fourth-order valence-electron chi connectivity index (χ4n) is 2.04. The van der Waals surface area contributed by atoms with Gasteiger partial charge in [-0.05, 0) is 32.4 Å². The Balaban J connectivity index is 2.40. The molecule has 1 fully saturated rings. The van der Waals surface area contributed by atoms with Gasteiger partial charge < -0.3 is 10.1 Å². The van der Waals surface area contributed by atoms with E-state index in [1.807, 2.05) is 6.92 Å². The van der Waals surface area contributed by atoms with Gasteiger partial charge in [0.15, 0.2) is 0 Å². The van der Waals surface area contributed by atoms with Crippen molar-refractivity contribution in [1.29, 1.82) is 0 Å². The summed E-state index contributed by atoms with van der Waals surface area (Å²) in [6, 6.07) is 0. The zero-order valence-electron chi connectivity index (χ0n) is 10.8. The molecule has 0 amide bonds. The molecule has 0 aromatic carbocycles. The van der Waals surface area contributed by atoms with Gasteiger partial charge in [-0.25, -0.2) is 8.42 Å². The van der Waals surface area contributed by atoms with Crippen LogP contribution in [-0.4, -0.2) is 57.9 Å². The predicted molar refractivity (Wildman–Crippen MR) is 68.6 cm³/mol. The van der Waals surface area contributed by atoms with E-state index in [1.165, 1.54) is 0 Å². The highest BCUT2D eigenvalue weighted by Crippen LogP contribution is 2.16. The van der Waals surface area contributed by atoms with Crippen LogP contribution in [-0.2, 0) is 14.8 Å². The van der Waals surface area contributed by atoms with Crippen molar-refractivity contribution >= 4 is 10.0 Å². The highest BCUT2D eigenvalue weighted by molar-refractivity contribution is 7.89. The van der Waals surface area contributed by atoms with E-state index in [0.29, 0.717) is 19.5 Å². The summed E-state index contributed by atoms with van der Waals surface area (Å²) in [6.07, 6.45) is 2.59. The summed E-state index contributed by atoms with van der Waals surface area (Å²) in [7, 11) is -1.45. The van der Waals surface area contributed by atoms with Gasteiger partial charge in [0.1, 0.15) is 0 Å². The van der Waals surface area contributed by atoms with Gasteiger partial charge in [0.05, 0.1) is 11.9 Å². The van der Waals surface area contributed by atoms with Gasteiger partial charge in [-0.15, -0.1) is 0 Å². The van der Waals surface area contributed by atoms with Gasteiger partial charge in [0.2, 0.25) is 10.0 Å². The van der Waals surface area contributed by atoms with Crippen molar-refractivity contribution in [3.8, 4) is 0 Å². The van der Waals surface area contributed by atoms with Gasteiger partial charge in [0, 0.05) is 20.2 Å². The molecular formula is C11H24N2O3S. The van der Waals surface area contributed by atoms with E-state index in [9.17, 15) is 8.42 Å². The fraction of sp³-hybridized carbons (Fsp3) is 1.00. The van der Waals surface area contributed by atoms with E-state index in [-0.39, 0.29) is 11.9 Å². The quantitative estimate of drug-likeness (QED) is 0.677. The normalized spacial score (nSPS) is 22.8. The van der Waals surface area contributed by atoms with Crippen molar-refractivity contribution < 1.29 is 13.2 Å². The molecule has 0 radical (unpaired) electrons. The molecule has 1 atom stereocenters. The molecule has 17 heavy (non-hydrogen) atoms. The van der Waals surface area contributed by atoms with E-state index in [4.69, 9.17) is 4.74 Å². The second-order valence-corrected chi connectivity index (χ2v) is 6.47. The molecule has 1 rings (SSSR count). The Bertz CT molecular complexity index is 306. The van der Waals surface area contributed by atoms with Crippen LogP contribution < -0.4 is 5.32 Å². The molecule has 0 aliphatic carbocycles. The fourth-order valence-corrected chi connectivity index (χ4v) is 3.60. The highest BCUT2D eigenvalue weighted by Gasteiger charge is 2.28. The maximum atomic E-state index is 12.1. The molecule has 1 saturated heterocycles. The van der Waals surface area contributed by atoms with Gasteiger partial charge in [-0.1, -0.05) is 6.92 Å². The average Bonchev–Trinajstić information content (AvgIpc) is 2.35. The van der Waals surface area contributed by atoms with E-state index >= 15 is 0 Å². The minimum absolute atomic E-state index is 0.0623. The van der Waals surface area contributed by atoms with Crippen LogP contribution in [0, 0.1) is 0 Å². The zero-order valence-corrected chi connectivity index (χ0v) is 11.6. The molecule has 0 bridgehead atoms. The number of hydrogen-bond acceptors (Lipinski definition) is 4. The molecule has 6 heteroatoms. The van der Waals surface area contributed by atoms with Crippen LogP contribution in [0.2, 0.25) is 0 Å². The third kappa shape index (κ3) is 4.91. The van der Waals surface area contributed by atoms with E-state index < -0.39 is 10.0 Å². The van der Waals surface area contributed by atoms with Crippen molar-refractivity contribution in [2.45, 2.75) is 32.3 Å². The van der Waals surface area contributed by atoms with Crippen molar-refractivity contribution in [3.63, 3.8) is 0 Å². The SMILES string of the molecule is CCNCCCS(=O)(=O)N1CCCC(OC)C1. The van der Waals surface area contributed by atoms with Crippen molar-refractivity contribution in [1.82, 2.24) is 9.62 Å². The average molecular weight is 264 g/mol. The molecule has 5 nitrogen and oxygen atoms in total. The number of sulfonamides is 1. The lowest BCUT2D eigenvalue weighted by Crippen LogP contribution is -2.44. The Hall–Kier alpha value is -0.170. The summed E-state index contributed by atoms with van der Waals surface area (Å²) in [5, 5.41) is 3.14. The summed E-state index contributed by atoms with van der Waals surface area (Å²) in [5.74, 6) is 0.233. The van der Waals surface area contributed by atoms with E-state index in [1.54, 1.807) is 11.4 Å². The molecule has 1 aliphatic heterocycles. The first kappa shape index (κ1) is 14.9. The third-order valence-electron chi connectivity index (χ3n) is 3.07. The first-order valence-corrected chi connectivity index (χ1v) is 7.92. The number of hydrogen-bond donors (Lipinski definition) is 1. The van der Waals surface area contributed by atoms with E-state index in [2.05, 4.69) is 5.32 Å². The number of nitrogens with one attached hydrogen (secondary N) is 1. The van der Waals surface area contributed by atoms with Crippen molar-refractivity contribution in [3.05, 3.63) is 0 Å². The summed E-state index contributed by atoms with van der Waals surface area (Å²) in [6.45, 7) is 4.82. The zero-order chi connectivity index (χ0) is 12.7. The minimum atomic E-state index is -3.09. The second kappa shape index (κ2) is 7.31. The minimum Gasteiger partial charge on any atom is -0.380 e. The summed E-state index contributed by atoms with van der Waals surface area (Å²) in [5.41, 5.74) is 0. The van der Waals surface area contributed by atoms with Crippen LogP contribution in [0.25, 0.3) is 0 Å². The van der Waals surface area contributed by atoms with Gasteiger partial charge in [0.25, 0.3) is 0 Å². The van der Waals surface area contributed by atoms with Crippen LogP contribution >= 0.6 is 0 Å². The third-order valence-corrected chi connectivity index (χ3v) is 5.00. The summed E-state index contributed by atoms with van der Waals surface area (Å²) < 4.78 is 30.9. The number of ether oxygens (including phenoxy) is 1. The lowest BCUT2D eigenvalue weighted by molar-refractivity contribution is 0.0572. The molecule has 0 aromatic heterocycles. The Kier molecular flexibility index (Phi) is 6.40. The Morgan fingerprint density at radius 1 is 1.47 bits per heavy atom. The first-order chi connectivity index (χ1) is 8.10. The van der Waals surface area contributed by atoms with Crippen molar-refractivity contribution in [2.75, 3.05) is 39.0 Å². The molecule has 102 valence electrons. The van der Waals surface area contributed by atoms with Crippen LogP contribution in [0.1, 0.15) is 26.2 Å². The largest absolute Gasteiger partial charge is 0.380 e. The van der Waals surface area contributed by atoms with Gasteiger partial charge in [-0.2, -0.15) is 4.31 Å². The highest BCUT2D eigenvalue weighted by atomic mass is 32.2. The Morgan fingerprint density at radius 2 is 2.24 bits per heavy atom. The predicted octanol–water partition coefficient (Wildman–Crippen LogP) is 0.427. The van der Waals surface area contributed by atoms with Crippen LogP contribution in [0.15, 0.2) is 0 Å². The molecule has 0 aromatic rings. The molecule has 0 saturated carbocycles. The maximum Gasteiger partial charge on any atom is 0.214 e. The lowest BCUT2D eigenvalue weighted by Gasteiger charge is -2.31. The van der Waals surface area contributed by atoms with Gasteiger partial charge in [-0.3, -0.25) is 0 Å². The molecule has 1 heterocycles. The lowest BCUT2D eigenvalue weighted by atomic mass is 10.1. The molecule has 1 N–H and O–H groups in total. The summed E-state index contributed by atoms with van der Waals surface area (Å²) in [4.78, 5) is 0. The summed E-state index contributed by atoms with van der Waals surface area (Å²) >= 11 is 0. The smallest absolute Gasteiger partial charge is 0.214 e. The van der Waals surface area contributed by atoms with Crippen LogP contribution in [0.4, 0.5) is 0 Å². The number of rotatable bonds is 7. The standard InChI is InChI=1S/C11H24N2O3S/c1-3-12-7-5-9-17(14,15)13-8-4-6-11(10-13)16-2/h11-12H,3-10H2,1-2H3. The van der Waals surface area contributed by atoms with Gasteiger partial charge >= 0.3 is 0 Å². The monoisotopic (exact) mass is 264 g/mol. The molecule has 1 unspecified atom stereocenters. The maximum absolute atomic E-state index is 12.1. The van der Waals surface area contributed by atoms with Crippen LogP contribution in [0.5, 0.6) is 0 Å². The second-order valence-electron chi connectivity index (χ2n) is 4.38. The first-order valence-electron chi connectivity index (χ1n) is 6.31. The topological polar surface area (TPSA) is 58.6 Å². The Morgan fingerprint density at radius 3 is 2.88 bits per heavy atom. The number of nitrogens with zero attached hydrogens (tertiary/aromatic N) is 1. The van der Waals surface area contributed by atoms with Crippen LogP contribution in [0.3, 0.4) is 0 Å². The number of methoxy groups -OCH3 is 1. The molecular weight excluding hydrogens is 240 g/mol.